The molecule has 6 heteroatoms. The molecule has 130 valence electrons. The first kappa shape index (κ1) is 16.3. The minimum Gasteiger partial charge on any atom is -0.317 e. The zero-order chi connectivity index (χ0) is 17.7. The van der Waals surface area contributed by atoms with Crippen molar-refractivity contribution in [3.05, 3.63) is 59.7 Å². The average molecular weight is 356 g/mol. The van der Waals surface area contributed by atoms with Gasteiger partial charge in [0.05, 0.1) is 16.0 Å². The van der Waals surface area contributed by atoms with Gasteiger partial charge < -0.3 is 5.32 Å². The highest BCUT2D eigenvalue weighted by Crippen LogP contribution is 2.48. The molecule has 0 aliphatic carbocycles. The summed E-state index contributed by atoms with van der Waals surface area (Å²) in [5.74, 6) is -0.323. The summed E-state index contributed by atoms with van der Waals surface area (Å²) in [7, 11) is -3.93. The summed E-state index contributed by atoms with van der Waals surface area (Å²) in [5, 5.41) is 3.26. The molecule has 2 heterocycles. The van der Waals surface area contributed by atoms with Gasteiger partial charge >= 0.3 is 0 Å². The number of piperidine rings is 1. The van der Waals surface area contributed by atoms with E-state index in [1.54, 1.807) is 36.4 Å². The Kier molecular flexibility index (Phi) is 3.70. The molecule has 1 spiro atoms. The molecule has 2 aliphatic rings. The van der Waals surface area contributed by atoms with Gasteiger partial charge in [-0.3, -0.25) is 4.79 Å². The molecule has 2 aromatic rings. The molecule has 1 N–H and O–H groups in total. The van der Waals surface area contributed by atoms with Crippen LogP contribution in [-0.4, -0.2) is 27.4 Å². The molecule has 5 nitrogen and oxygen atoms in total. The molecule has 0 aromatic heterocycles. The number of para-hydroxylation sites is 1. The van der Waals surface area contributed by atoms with Crippen LogP contribution in [0.5, 0.6) is 0 Å². The van der Waals surface area contributed by atoms with Crippen molar-refractivity contribution in [2.45, 2.75) is 30.1 Å². The summed E-state index contributed by atoms with van der Waals surface area (Å²) < 4.78 is 27.5. The molecule has 1 fully saturated rings. The van der Waals surface area contributed by atoms with Gasteiger partial charge in [-0.05, 0) is 56.6 Å². The van der Waals surface area contributed by atoms with Crippen molar-refractivity contribution in [2.24, 2.45) is 0 Å². The Balaban J connectivity index is 1.88. The first-order valence-electron chi connectivity index (χ1n) is 8.43. The number of hydrogen-bond acceptors (Lipinski definition) is 4. The second kappa shape index (κ2) is 5.68. The Morgan fingerprint density at radius 1 is 1.00 bits per heavy atom. The molecule has 2 aliphatic heterocycles. The Bertz CT molecular complexity index is 929. The van der Waals surface area contributed by atoms with Gasteiger partial charge in [0.25, 0.3) is 15.9 Å². The fourth-order valence-corrected chi connectivity index (χ4v) is 5.37. The summed E-state index contributed by atoms with van der Waals surface area (Å²) in [6.45, 7) is 3.31. The van der Waals surface area contributed by atoms with Gasteiger partial charge in [-0.15, -0.1) is 0 Å². The van der Waals surface area contributed by atoms with Crippen LogP contribution in [0, 0.1) is 6.92 Å². The van der Waals surface area contributed by atoms with Crippen molar-refractivity contribution in [3.63, 3.8) is 0 Å². The summed E-state index contributed by atoms with van der Waals surface area (Å²) in [6.07, 6.45) is 1.23. The van der Waals surface area contributed by atoms with Crippen LogP contribution in [0.4, 0.5) is 5.69 Å². The smallest absolute Gasteiger partial charge is 0.270 e. The molecular formula is C19H20N2O3S. The lowest BCUT2D eigenvalue weighted by atomic mass is 9.74. The normalized spacial score (nSPS) is 19.2. The lowest BCUT2D eigenvalue weighted by Gasteiger charge is -2.32. The number of nitrogens with zero attached hydrogens (tertiary/aromatic N) is 1. The molecule has 25 heavy (non-hydrogen) atoms. The molecule has 0 unspecified atom stereocenters. The van der Waals surface area contributed by atoms with E-state index in [0.717, 1.165) is 15.4 Å². The second-order valence-corrected chi connectivity index (χ2v) is 8.52. The van der Waals surface area contributed by atoms with E-state index in [1.165, 1.54) is 0 Å². The molecular weight excluding hydrogens is 336 g/mol. The van der Waals surface area contributed by atoms with Crippen molar-refractivity contribution in [1.29, 1.82) is 0 Å². The summed E-state index contributed by atoms with van der Waals surface area (Å²) in [6, 6.07) is 13.9. The van der Waals surface area contributed by atoms with Crippen LogP contribution in [0.25, 0.3) is 0 Å². The highest BCUT2D eigenvalue weighted by Gasteiger charge is 2.54. The highest BCUT2D eigenvalue weighted by atomic mass is 32.2. The lowest BCUT2D eigenvalue weighted by molar-refractivity contribution is -0.122. The summed E-state index contributed by atoms with van der Waals surface area (Å²) >= 11 is 0. The lowest BCUT2D eigenvalue weighted by Crippen LogP contribution is -2.48. The van der Waals surface area contributed by atoms with E-state index in [0.29, 0.717) is 31.6 Å². The standard InChI is InChI=1S/C19H20N2O3S/c1-14-6-8-15(9-7-14)25(23,24)21-17-5-3-2-4-16(17)19(18(21)22)10-12-20-13-11-19/h2-9,20H,10-13H2,1H3. The number of anilines is 1. The van der Waals surface area contributed by atoms with Gasteiger partial charge in [0, 0.05) is 0 Å². The van der Waals surface area contributed by atoms with Crippen LogP contribution < -0.4 is 9.62 Å². The average Bonchev–Trinajstić information content (AvgIpc) is 2.85. The maximum absolute atomic E-state index is 13.3. The maximum atomic E-state index is 13.3. The highest BCUT2D eigenvalue weighted by molar-refractivity contribution is 7.93. The maximum Gasteiger partial charge on any atom is 0.270 e. The predicted octanol–water partition coefficient (Wildman–Crippen LogP) is 2.35. The monoisotopic (exact) mass is 356 g/mol. The van der Waals surface area contributed by atoms with E-state index in [9.17, 15) is 13.2 Å². The second-order valence-electron chi connectivity index (χ2n) is 6.74. The SMILES string of the molecule is Cc1ccc(S(=O)(=O)N2C(=O)C3(CCNCC3)c3ccccc32)cc1. The number of sulfonamides is 1. The molecule has 1 saturated heterocycles. The fraction of sp³-hybridized carbons (Fsp3) is 0.316. The quantitative estimate of drug-likeness (QED) is 0.897. The molecule has 2 aromatic carbocycles. The van der Waals surface area contributed by atoms with Crippen molar-refractivity contribution in [1.82, 2.24) is 5.32 Å². The summed E-state index contributed by atoms with van der Waals surface area (Å²) in [5.41, 5.74) is 1.56. The van der Waals surface area contributed by atoms with E-state index < -0.39 is 15.4 Å². The number of benzene rings is 2. The number of fused-ring (bicyclic) bond motifs is 2. The van der Waals surface area contributed by atoms with Gasteiger partial charge in [-0.1, -0.05) is 35.9 Å². The number of hydrogen-bond donors (Lipinski definition) is 1. The van der Waals surface area contributed by atoms with Crippen molar-refractivity contribution < 1.29 is 13.2 Å². The minimum absolute atomic E-state index is 0.146. The molecule has 4 rings (SSSR count). The molecule has 0 saturated carbocycles. The van der Waals surface area contributed by atoms with Gasteiger partial charge in [0.1, 0.15) is 0 Å². The first-order chi connectivity index (χ1) is 12.0. The van der Waals surface area contributed by atoms with Crippen LogP contribution in [0.2, 0.25) is 0 Å². The molecule has 0 radical (unpaired) electrons. The number of rotatable bonds is 2. The van der Waals surface area contributed by atoms with E-state index >= 15 is 0 Å². The van der Waals surface area contributed by atoms with Crippen LogP contribution in [0.1, 0.15) is 24.0 Å². The third-order valence-corrected chi connectivity index (χ3v) is 6.96. The number of carbonyl (C=O) groups is 1. The van der Waals surface area contributed by atoms with Crippen molar-refractivity contribution >= 4 is 21.6 Å². The van der Waals surface area contributed by atoms with Crippen LogP contribution in [0.15, 0.2) is 53.4 Å². The van der Waals surface area contributed by atoms with Gasteiger partial charge in [0.2, 0.25) is 0 Å². The zero-order valence-corrected chi connectivity index (χ0v) is 14.8. The molecule has 0 atom stereocenters. The van der Waals surface area contributed by atoms with Crippen molar-refractivity contribution in [2.75, 3.05) is 17.4 Å². The topological polar surface area (TPSA) is 66.5 Å². The third-order valence-electron chi connectivity index (χ3n) is 5.25. The van der Waals surface area contributed by atoms with Gasteiger partial charge in [-0.25, -0.2) is 12.7 Å². The number of amides is 1. The Labute approximate surface area is 147 Å². The largest absolute Gasteiger partial charge is 0.317 e. The Morgan fingerprint density at radius 2 is 1.64 bits per heavy atom. The van der Waals surface area contributed by atoms with E-state index in [-0.39, 0.29) is 10.8 Å². The predicted molar refractivity (Wildman–Crippen MR) is 96.1 cm³/mol. The van der Waals surface area contributed by atoms with Crippen molar-refractivity contribution in [3.8, 4) is 0 Å². The van der Waals surface area contributed by atoms with E-state index in [4.69, 9.17) is 0 Å². The van der Waals surface area contributed by atoms with Crippen LogP contribution in [0.3, 0.4) is 0 Å². The molecule has 0 bridgehead atoms. The Hall–Kier alpha value is -2.18. The van der Waals surface area contributed by atoms with Crippen LogP contribution in [-0.2, 0) is 20.2 Å². The van der Waals surface area contributed by atoms with E-state index in [1.807, 2.05) is 19.1 Å². The molecule has 1 amide bonds. The Morgan fingerprint density at radius 3 is 2.32 bits per heavy atom. The number of carbonyl (C=O) groups excluding carboxylic acids is 1. The number of aryl methyl sites for hydroxylation is 1. The van der Waals surface area contributed by atoms with Gasteiger partial charge in [-0.2, -0.15) is 0 Å². The fourth-order valence-electron chi connectivity index (χ4n) is 3.87. The number of nitrogens with one attached hydrogen (secondary N) is 1. The first-order valence-corrected chi connectivity index (χ1v) is 9.87. The minimum atomic E-state index is -3.93. The third kappa shape index (κ3) is 2.32. The van der Waals surface area contributed by atoms with E-state index in [2.05, 4.69) is 5.32 Å². The summed E-state index contributed by atoms with van der Waals surface area (Å²) in [4.78, 5) is 13.5. The van der Waals surface area contributed by atoms with Crippen LogP contribution >= 0.6 is 0 Å². The zero-order valence-electron chi connectivity index (χ0n) is 14.0. The van der Waals surface area contributed by atoms with Gasteiger partial charge in [0.15, 0.2) is 0 Å².